The molecule has 2 heterocycles. The van der Waals surface area contributed by atoms with Crippen LogP contribution in [0.4, 0.5) is 4.39 Å². The SMILES string of the molecule is CC1(F)COC2CC1N(Cc1ccccc1)O2. The van der Waals surface area contributed by atoms with Crippen molar-refractivity contribution in [3.05, 3.63) is 35.9 Å². The molecule has 3 atom stereocenters. The molecule has 0 spiro atoms. The Kier molecular flexibility index (Phi) is 2.65. The first kappa shape index (κ1) is 11.1. The third-order valence-electron chi connectivity index (χ3n) is 3.44. The summed E-state index contributed by atoms with van der Waals surface area (Å²) in [7, 11) is 0. The quantitative estimate of drug-likeness (QED) is 0.787. The topological polar surface area (TPSA) is 21.7 Å². The van der Waals surface area contributed by atoms with Crippen LogP contribution in [0.3, 0.4) is 0 Å². The predicted octanol–water partition coefficient (Wildman–Crippen LogP) is 2.28. The largest absolute Gasteiger partial charge is 0.347 e. The molecule has 0 saturated carbocycles. The summed E-state index contributed by atoms with van der Waals surface area (Å²) in [5.41, 5.74) is -0.210. The molecule has 0 N–H and O–H groups in total. The number of rotatable bonds is 2. The van der Waals surface area contributed by atoms with Crippen molar-refractivity contribution in [2.75, 3.05) is 6.61 Å². The van der Waals surface area contributed by atoms with Crippen LogP contribution in [-0.2, 0) is 16.1 Å². The van der Waals surface area contributed by atoms with E-state index < -0.39 is 5.67 Å². The Balaban J connectivity index is 1.76. The highest BCUT2D eigenvalue weighted by atomic mass is 19.1. The lowest BCUT2D eigenvalue weighted by Gasteiger charge is -2.32. The Morgan fingerprint density at radius 1 is 1.41 bits per heavy atom. The molecule has 0 radical (unpaired) electrons. The van der Waals surface area contributed by atoms with Gasteiger partial charge in [0, 0.05) is 13.0 Å². The van der Waals surface area contributed by atoms with E-state index in [4.69, 9.17) is 9.57 Å². The molecule has 2 fully saturated rings. The van der Waals surface area contributed by atoms with Crippen LogP contribution in [0.25, 0.3) is 0 Å². The maximum Gasteiger partial charge on any atom is 0.179 e. The zero-order chi connectivity index (χ0) is 11.9. The average Bonchev–Trinajstić information content (AvgIpc) is 2.67. The van der Waals surface area contributed by atoms with Gasteiger partial charge in [-0.15, -0.1) is 0 Å². The van der Waals surface area contributed by atoms with E-state index in [1.807, 2.05) is 30.3 Å². The van der Waals surface area contributed by atoms with Gasteiger partial charge in [0.15, 0.2) is 6.29 Å². The number of hydrogen-bond donors (Lipinski definition) is 0. The maximum absolute atomic E-state index is 14.3. The third-order valence-corrected chi connectivity index (χ3v) is 3.44. The standard InChI is InChI=1S/C13H16FNO2/c1-13(14)9-16-12-7-11(13)15(17-12)8-10-5-3-2-4-6-10/h2-6,11-12H,7-9H2,1H3. The molecule has 92 valence electrons. The van der Waals surface area contributed by atoms with E-state index in [9.17, 15) is 4.39 Å². The molecule has 2 saturated heterocycles. The van der Waals surface area contributed by atoms with Gasteiger partial charge in [0.1, 0.15) is 5.67 Å². The highest BCUT2D eigenvalue weighted by Gasteiger charge is 2.51. The van der Waals surface area contributed by atoms with Crippen LogP contribution in [0.5, 0.6) is 0 Å². The van der Waals surface area contributed by atoms with Gasteiger partial charge in [-0.05, 0) is 12.5 Å². The van der Waals surface area contributed by atoms with Crippen LogP contribution >= 0.6 is 0 Å². The van der Waals surface area contributed by atoms with Gasteiger partial charge in [-0.25, -0.2) is 4.39 Å². The third kappa shape index (κ3) is 2.08. The van der Waals surface area contributed by atoms with Crippen LogP contribution in [0.15, 0.2) is 30.3 Å². The van der Waals surface area contributed by atoms with E-state index >= 15 is 0 Å². The number of nitrogens with zero attached hydrogens (tertiary/aromatic N) is 1. The summed E-state index contributed by atoms with van der Waals surface area (Å²) in [6.45, 7) is 2.30. The smallest absolute Gasteiger partial charge is 0.179 e. The molecule has 2 aliphatic heterocycles. The molecule has 0 aromatic heterocycles. The van der Waals surface area contributed by atoms with E-state index in [2.05, 4.69) is 0 Å². The molecule has 0 aliphatic carbocycles. The van der Waals surface area contributed by atoms with Crippen molar-refractivity contribution < 1.29 is 14.0 Å². The predicted molar refractivity (Wildman–Crippen MR) is 60.7 cm³/mol. The lowest BCUT2D eigenvalue weighted by Crippen LogP contribution is -2.48. The van der Waals surface area contributed by atoms with Gasteiger partial charge in [0.25, 0.3) is 0 Å². The minimum atomic E-state index is -1.33. The van der Waals surface area contributed by atoms with Gasteiger partial charge in [-0.3, -0.25) is 4.84 Å². The normalized spacial score (nSPS) is 37.3. The summed E-state index contributed by atoms with van der Waals surface area (Å²) in [6, 6.07) is 9.74. The van der Waals surface area contributed by atoms with Crippen LogP contribution < -0.4 is 0 Å². The number of hydroxylamine groups is 2. The molecule has 3 rings (SSSR count). The van der Waals surface area contributed by atoms with E-state index in [0.29, 0.717) is 13.0 Å². The van der Waals surface area contributed by atoms with Crippen molar-refractivity contribution in [2.45, 2.75) is 37.9 Å². The van der Waals surface area contributed by atoms with Gasteiger partial charge in [0.2, 0.25) is 0 Å². The Hall–Kier alpha value is -0.970. The van der Waals surface area contributed by atoms with E-state index in [1.54, 1.807) is 12.0 Å². The second-order valence-electron chi connectivity index (χ2n) is 4.94. The summed E-state index contributed by atoms with van der Waals surface area (Å²) < 4.78 is 19.6. The second kappa shape index (κ2) is 4.05. The summed E-state index contributed by atoms with van der Waals surface area (Å²) >= 11 is 0. The van der Waals surface area contributed by atoms with Gasteiger partial charge >= 0.3 is 0 Å². The van der Waals surface area contributed by atoms with Crippen molar-refractivity contribution in [1.29, 1.82) is 0 Å². The van der Waals surface area contributed by atoms with Gasteiger partial charge in [0.05, 0.1) is 12.6 Å². The molecule has 1 aromatic rings. The Morgan fingerprint density at radius 2 is 2.18 bits per heavy atom. The molecule has 3 nitrogen and oxygen atoms in total. The summed E-state index contributed by atoms with van der Waals surface area (Å²) in [5.74, 6) is 0. The van der Waals surface area contributed by atoms with Crippen LogP contribution in [0, 0.1) is 0 Å². The minimum Gasteiger partial charge on any atom is -0.347 e. The number of benzene rings is 1. The Labute approximate surface area is 100 Å². The fraction of sp³-hybridized carbons (Fsp3) is 0.538. The molecule has 4 heteroatoms. The summed E-state index contributed by atoms with van der Waals surface area (Å²) in [4.78, 5) is 5.60. The number of ether oxygens (including phenoxy) is 1. The first-order valence-corrected chi connectivity index (χ1v) is 5.93. The number of halogens is 1. The number of alkyl halides is 1. The molecule has 0 amide bonds. The number of hydrogen-bond acceptors (Lipinski definition) is 3. The zero-order valence-electron chi connectivity index (χ0n) is 9.80. The van der Waals surface area contributed by atoms with Crippen molar-refractivity contribution in [3.8, 4) is 0 Å². The minimum absolute atomic E-state index is 0.119. The van der Waals surface area contributed by atoms with Crippen molar-refractivity contribution >= 4 is 0 Å². The van der Waals surface area contributed by atoms with Gasteiger partial charge in [-0.1, -0.05) is 30.3 Å². The van der Waals surface area contributed by atoms with Gasteiger partial charge < -0.3 is 4.74 Å². The lowest BCUT2D eigenvalue weighted by atomic mass is 9.94. The molecule has 3 unspecified atom stereocenters. The highest BCUT2D eigenvalue weighted by Crippen LogP contribution is 2.38. The fourth-order valence-corrected chi connectivity index (χ4v) is 2.47. The summed E-state index contributed by atoms with van der Waals surface area (Å²) in [5, 5.41) is 1.73. The van der Waals surface area contributed by atoms with Crippen molar-refractivity contribution in [3.63, 3.8) is 0 Å². The molecular weight excluding hydrogens is 221 g/mol. The van der Waals surface area contributed by atoms with E-state index in [-0.39, 0.29) is 18.9 Å². The molecule has 2 aliphatic rings. The average molecular weight is 237 g/mol. The summed E-state index contributed by atoms with van der Waals surface area (Å²) in [6.07, 6.45) is 0.340. The van der Waals surface area contributed by atoms with Crippen LogP contribution in [0.2, 0.25) is 0 Å². The van der Waals surface area contributed by atoms with Crippen LogP contribution in [0.1, 0.15) is 18.9 Å². The first-order valence-electron chi connectivity index (χ1n) is 5.93. The number of fused-ring (bicyclic) bond motifs is 2. The Morgan fingerprint density at radius 3 is 2.94 bits per heavy atom. The molecule has 2 bridgehead atoms. The first-order chi connectivity index (χ1) is 8.15. The zero-order valence-corrected chi connectivity index (χ0v) is 9.80. The molecule has 17 heavy (non-hydrogen) atoms. The van der Waals surface area contributed by atoms with Gasteiger partial charge in [-0.2, -0.15) is 5.06 Å². The second-order valence-corrected chi connectivity index (χ2v) is 4.94. The van der Waals surface area contributed by atoms with Crippen LogP contribution in [-0.4, -0.2) is 29.7 Å². The fourth-order valence-electron chi connectivity index (χ4n) is 2.47. The maximum atomic E-state index is 14.3. The van der Waals surface area contributed by atoms with Crippen molar-refractivity contribution in [1.82, 2.24) is 5.06 Å². The Bertz CT molecular complexity index is 396. The highest BCUT2D eigenvalue weighted by molar-refractivity contribution is 5.14. The lowest BCUT2D eigenvalue weighted by molar-refractivity contribution is -0.228. The van der Waals surface area contributed by atoms with E-state index in [1.165, 1.54) is 0 Å². The monoisotopic (exact) mass is 237 g/mol. The van der Waals surface area contributed by atoms with Crippen molar-refractivity contribution in [2.24, 2.45) is 0 Å². The molecule has 1 aromatic carbocycles. The molecular formula is C13H16FNO2. The van der Waals surface area contributed by atoms with E-state index in [0.717, 1.165) is 5.56 Å².